The maximum Gasteiger partial charge on any atom is 0.225 e. The van der Waals surface area contributed by atoms with E-state index in [1.54, 1.807) is 25.3 Å². The van der Waals surface area contributed by atoms with Crippen molar-refractivity contribution < 1.29 is 13.9 Å². The fraction of sp³-hybridized carbons (Fsp3) is 0.333. The standard InChI is InChI=1S/C21H22FN5O2/c1-4-18(28)25-17-9-13(7-8-23-17)19-16-11-29-21(2,3)12-27(16)26-20(19)15-6-5-14(22)10-24-15/h5-10H,4,11-12H2,1-3H3,(H,23,25,28). The number of halogens is 1. The lowest BCUT2D eigenvalue weighted by molar-refractivity contribution is -0.115. The van der Waals surface area contributed by atoms with Crippen molar-refractivity contribution in [1.29, 1.82) is 0 Å². The molecule has 0 atom stereocenters. The van der Waals surface area contributed by atoms with E-state index in [2.05, 4.69) is 15.3 Å². The number of ether oxygens (including phenoxy) is 1. The normalized spacial score (nSPS) is 15.0. The molecule has 0 spiro atoms. The third kappa shape index (κ3) is 3.88. The van der Waals surface area contributed by atoms with Crippen LogP contribution in [0.25, 0.3) is 22.5 Å². The monoisotopic (exact) mass is 395 g/mol. The van der Waals surface area contributed by atoms with Gasteiger partial charge in [-0.2, -0.15) is 5.10 Å². The largest absolute Gasteiger partial charge is 0.367 e. The van der Waals surface area contributed by atoms with Crippen LogP contribution in [0, 0.1) is 5.82 Å². The summed E-state index contributed by atoms with van der Waals surface area (Å²) in [6, 6.07) is 6.63. The van der Waals surface area contributed by atoms with E-state index in [0.717, 1.165) is 16.8 Å². The SMILES string of the molecule is CCC(=O)Nc1cc(-c2c(-c3ccc(F)cn3)nn3c2COC(C)(C)C3)ccn1. The molecule has 29 heavy (non-hydrogen) atoms. The summed E-state index contributed by atoms with van der Waals surface area (Å²) >= 11 is 0. The van der Waals surface area contributed by atoms with Crippen molar-refractivity contribution in [1.82, 2.24) is 19.7 Å². The molecule has 3 aromatic rings. The fourth-order valence-electron chi connectivity index (χ4n) is 3.33. The number of hydrogen-bond acceptors (Lipinski definition) is 5. The number of aromatic nitrogens is 4. The van der Waals surface area contributed by atoms with E-state index in [1.165, 1.54) is 12.3 Å². The second-order valence-electron chi connectivity index (χ2n) is 7.57. The van der Waals surface area contributed by atoms with E-state index in [-0.39, 0.29) is 11.5 Å². The minimum absolute atomic E-state index is 0.114. The van der Waals surface area contributed by atoms with Gasteiger partial charge in [0.25, 0.3) is 0 Å². The van der Waals surface area contributed by atoms with Gasteiger partial charge in [0.1, 0.15) is 17.3 Å². The molecule has 0 radical (unpaired) electrons. The summed E-state index contributed by atoms with van der Waals surface area (Å²) < 4.78 is 21.3. The lowest BCUT2D eigenvalue weighted by atomic mass is 10.0. The minimum Gasteiger partial charge on any atom is -0.367 e. The Bertz CT molecular complexity index is 1060. The number of carbonyl (C=O) groups is 1. The zero-order valence-corrected chi connectivity index (χ0v) is 16.6. The van der Waals surface area contributed by atoms with Gasteiger partial charge >= 0.3 is 0 Å². The van der Waals surface area contributed by atoms with Gasteiger partial charge in [0.05, 0.1) is 36.3 Å². The highest BCUT2D eigenvalue weighted by molar-refractivity contribution is 5.91. The Kier molecular flexibility index (Phi) is 4.87. The topological polar surface area (TPSA) is 81.9 Å². The van der Waals surface area contributed by atoms with Crippen LogP contribution in [-0.4, -0.2) is 31.3 Å². The first kappa shape index (κ1) is 19.2. The van der Waals surface area contributed by atoms with Crippen LogP contribution < -0.4 is 5.32 Å². The zero-order chi connectivity index (χ0) is 20.6. The molecule has 150 valence electrons. The Morgan fingerprint density at radius 1 is 1.31 bits per heavy atom. The van der Waals surface area contributed by atoms with E-state index in [4.69, 9.17) is 9.84 Å². The first-order valence-corrected chi connectivity index (χ1v) is 9.48. The summed E-state index contributed by atoms with van der Waals surface area (Å²) in [4.78, 5) is 20.2. The molecule has 0 saturated heterocycles. The maximum atomic E-state index is 13.4. The Morgan fingerprint density at radius 2 is 2.14 bits per heavy atom. The van der Waals surface area contributed by atoms with E-state index in [1.807, 2.05) is 24.6 Å². The fourth-order valence-corrected chi connectivity index (χ4v) is 3.33. The zero-order valence-electron chi connectivity index (χ0n) is 16.6. The van der Waals surface area contributed by atoms with Gasteiger partial charge in [0, 0.05) is 18.2 Å². The summed E-state index contributed by atoms with van der Waals surface area (Å²) in [5.41, 5.74) is 3.44. The number of anilines is 1. The molecule has 0 aromatic carbocycles. The molecule has 4 heterocycles. The van der Waals surface area contributed by atoms with Crippen LogP contribution >= 0.6 is 0 Å². The number of amides is 1. The quantitative estimate of drug-likeness (QED) is 0.727. The molecule has 0 saturated carbocycles. The van der Waals surface area contributed by atoms with Gasteiger partial charge in [0.15, 0.2) is 0 Å². The third-order valence-corrected chi connectivity index (χ3v) is 4.80. The van der Waals surface area contributed by atoms with Crippen molar-refractivity contribution in [2.75, 3.05) is 5.32 Å². The Labute approximate surface area is 167 Å². The summed E-state index contributed by atoms with van der Waals surface area (Å²) in [5.74, 6) is -0.0567. The molecule has 0 unspecified atom stereocenters. The average Bonchev–Trinajstić information content (AvgIpc) is 3.06. The van der Waals surface area contributed by atoms with Crippen LogP contribution in [0.3, 0.4) is 0 Å². The third-order valence-electron chi connectivity index (χ3n) is 4.80. The summed E-state index contributed by atoms with van der Waals surface area (Å²) in [5, 5.41) is 7.55. The van der Waals surface area contributed by atoms with Crippen LogP contribution in [0.15, 0.2) is 36.7 Å². The minimum atomic E-state index is -0.405. The molecule has 4 rings (SSSR count). The second kappa shape index (κ2) is 7.36. The molecule has 1 aliphatic rings. The van der Waals surface area contributed by atoms with Crippen molar-refractivity contribution in [3.63, 3.8) is 0 Å². The van der Waals surface area contributed by atoms with Crippen LogP contribution in [-0.2, 0) is 22.7 Å². The van der Waals surface area contributed by atoms with E-state index < -0.39 is 5.82 Å². The molecular weight excluding hydrogens is 373 g/mol. The first-order valence-electron chi connectivity index (χ1n) is 9.48. The maximum absolute atomic E-state index is 13.4. The molecule has 7 nitrogen and oxygen atoms in total. The van der Waals surface area contributed by atoms with Gasteiger partial charge in [-0.25, -0.2) is 9.37 Å². The molecule has 0 fully saturated rings. The van der Waals surface area contributed by atoms with E-state index in [9.17, 15) is 9.18 Å². The van der Waals surface area contributed by atoms with Gasteiger partial charge in [-0.3, -0.25) is 14.5 Å². The average molecular weight is 395 g/mol. The first-order chi connectivity index (χ1) is 13.9. The molecule has 1 N–H and O–H groups in total. The van der Waals surface area contributed by atoms with Gasteiger partial charge in [-0.15, -0.1) is 0 Å². The Balaban J connectivity index is 1.86. The molecular formula is C21H22FN5O2. The van der Waals surface area contributed by atoms with E-state index >= 15 is 0 Å². The van der Waals surface area contributed by atoms with Crippen molar-refractivity contribution >= 4 is 11.7 Å². The lowest BCUT2D eigenvalue weighted by Crippen LogP contribution is -2.36. The van der Waals surface area contributed by atoms with Gasteiger partial charge < -0.3 is 10.1 Å². The number of nitrogens with zero attached hydrogens (tertiary/aromatic N) is 4. The second-order valence-corrected chi connectivity index (χ2v) is 7.57. The number of hydrogen-bond donors (Lipinski definition) is 1. The molecule has 0 bridgehead atoms. The Morgan fingerprint density at radius 3 is 2.86 bits per heavy atom. The number of pyridine rings is 2. The highest BCUT2D eigenvalue weighted by atomic mass is 19.1. The highest BCUT2D eigenvalue weighted by Crippen LogP contribution is 2.38. The molecule has 8 heteroatoms. The number of rotatable bonds is 4. The van der Waals surface area contributed by atoms with E-state index in [0.29, 0.717) is 36.8 Å². The van der Waals surface area contributed by atoms with Crippen LogP contribution in [0.4, 0.5) is 10.2 Å². The van der Waals surface area contributed by atoms with Crippen molar-refractivity contribution in [2.45, 2.75) is 45.9 Å². The van der Waals surface area contributed by atoms with Crippen molar-refractivity contribution in [2.24, 2.45) is 0 Å². The van der Waals surface area contributed by atoms with Crippen molar-refractivity contribution in [3.8, 4) is 22.5 Å². The smallest absolute Gasteiger partial charge is 0.225 e. The van der Waals surface area contributed by atoms with Crippen LogP contribution in [0.5, 0.6) is 0 Å². The summed E-state index contributed by atoms with van der Waals surface area (Å²) in [6.45, 7) is 6.77. The molecule has 1 amide bonds. The summed E-state index contributed by atoms with van der Waals surface area (Å²) in [7, 11) is 0. The van der Waals surface area contributed by atoms with Crippen molar-refractivity contribution in [3.05, 3.63) is 48.2 Å². The predicted octanol–water partition coefficient (Wildman–Crippen LogP) is 3.80. The molecule has 3 aromatic heterocycles. The molecule has 0 aliphatic carbocycles. The number of fused-ring (bicyclic) bond motifs is 1. The van der Waals surface area contributed by atoms with Gasteiger partial charge in [-0.05, 0) is 43.7 Å². The van der Waals surface area contributed by atoms with Gasteiger partial charge in [0.2, 0.25) is 5.91 Å². The lowest BCUT2D eigenvalue weighted by Gasteiger charge is -2.31. The number of nitrogens with one attached hydrogen (secondary N) is 1. The number of carbonyl (C=O) groups excluding carboxylic acids is 1. The van der Waals surface area contributed by atoms with Gasteiger partial charge in [-0.1, -0.05) is 6.92 Å². The predicted molar refractivity (Wildman–Crippen MR) is 106 cm³/mol. The van der Waals surface area contributed by atoms with Crippen LogP contribution in [0.1, 0.15) is 32.9 Å². The Hall–Kier alpha value is -3.13. The molecule has 1 aliphatic heterocycles. The van der Waals surface area contributed by atoms with Crippen LogP contribution in [0.2, 0.25) is 0 Å². The summed E-state index contributed by atoms with van der Waals surface area (Å²) in [6.07, 6.45) is 3.18. The highest BCUT2D eigenvalue weighted by Gasteiger charge is 2.31.